The number of thiazole rings is 1. The minimum Gasteiger partial charge on any atom is -0.497 e. The molecule has 1 heterocycles. The molecule has 0 unspecified atom stereocenters. The highest BCUT2D eigenvalue weighted by atomic mass is 79.9. The van der Waals surface area contributed by atoms with E-state index < -0.39 is 0 Å². The van der Waals surface area contributed by atoms with Crippen molar-refractivity contribution >= 4 is 27.3 Å². The fourth-order valence-corrected chi connectivity index (χ4v) is 4.01. The van der Waals surface area contributed by atoms with Gasteiger partial charge in [0.15, 0.2) is 0 Å². The SMILES string of the molecule is COc1ccc(Cc2nc(-c3ccc(OCc4ccc(Br)cc4)cc3)cs2)cc1. The third-order valence-corrected chi connectivity index (χ3v) is 5.91. The molecule has 4 aromatic rings. The molecule has 0 bridgehead atoms. The molecule has 3 nitrogen and oxygen atoms in total. The third kappa shape index (κ3) is 5.25. The quantitative estimate of drug-likeness (QED) is 0.302. The molecule has 0 atom stereocenters. The normalized spacial score (nSPS) is 10.7. The van der Waals surface area contributed by atoms with Gasteiger partial charge in [-0.2, -0.15) is 0 Å². The van der Waals surface area contributed by atoms with Gasteiger partial charge in [0.1, 0.15) is 18.1 Å². The molecule has 0 fully saturated rings. The van der Waals surface area contributed by atoms with Crippen LogP contribution >= 0.6 is 27.3 Å². The molecule has 0 saturated heterocycles. The summed E-state index contributed by atoms with van der Waals surface area (Å²) in [6.07, 6.45) is 0.822. The number of hydrogen-bond acceptors (Lipinski definition) is 4. The minimum atomic E-state index is 0.551. The predicted molar refractivity (Wildman–Crippen MR) is 122 cm³/mol. The molecule has 0 aliphatic carbocycles. The van der Waals surface area contributed by atoms with Crippen LogP contribution in [0.4, 0.5) is 0 Å². The Morgan fingerprint density at radius 2 is 1.48 bits per heavy atom. The predicted octanol–water partition coefficient (Wildman–Crippen LogP) is 6.75. The highest BCUT2D eigenvalue weighted by molar-refractivity contribution is 9.10. The van der Waals surface area contributed by atoms with E-state index in [1.165, 1.54) is 5.56 Å². The molecule has 3 aromatic carbocycles. The van der Waals surface area contributed by atoms with Crippen LogP contribution in [0.15, 0.2) is 82.6 Å². The van der Waals surface area contributed by atoms with Crippen molar-refractivity contribution in [3.8, 4) is 22.8 Å². The van der Waals surface area contributed by atoms with E-state index in [-0.39, 0.29) is 0 Å². The van der Waals surface area contributed by atoms with Crippen molar-refractivity contribution in [1.29, 1.82) is 0 Å². The zero-order valence-corrected chi connectivity index (χ0v) is 18.4. The van der Waals surface area contributed by atoms with Crippen molar-refractivity contribution in [2.75, 3.05) is 7.11 Å². The van der Waals surface area contributed by atoms with Crippen LogP contribution in [0.3, 0.4) is 0 Å². The molecule has 0 N–H and O–H groups in total. The molecular formula is C24H20BrNO2S. The van der Waals surface area contributed by atoms with Crippen molar-refractivity contribution in [1.82, 2.24) is 4.98 Å². The highest BCUT2D eigenvalue weighted by Crippen LogP contribution is 2.26. The molecule has 0 radical (unpaired) electrons. The molecule has 0 spiro atoms. The van der Waals surface area contributed by atoms with Gasteiger partial charge < -0.3 is 9.47 Å². The first kappa shape index (κ1) is 19.7. The Morgan fingerprint density at radius 1 is 0.828 bits per heavy atom. The average molecular weight is 466 g/mol. The fraction of sp³-hybridized carbons (Fsp3) is 0.125. The van der Waals surface area contributed by atoms with Gasteiger partial charge in [-0.05, 0) is 59.7 Å². The summed E-state index contributed by atoms with van der Waals surface area (Å²) in [5.41, 5.74) is 4.46. The molecule has 29 heavy (non-hydrogen) atoms. The van der Waals surface area contributed by atoms with Crippen LogP contribution in [-0.4, -0.2) is 12.1 Å². The highest BCUT2D eigenvalue weighted by Gasteiger charge is 2.07. The second-order valence-corrected chi connectivity index (χ2v) is 8.45. The van der Waals surface area contributed by atoms with Crippen molar-refractivity contribution in [2.24, 2.45) is 0 Å². The number of hydrogen-bond donors (Lipinski definition) is 0. The summed E-state index contributed by atoms with van der Waals surface area (Å²) in [5, 5.41) is 3.21. The molecule has 4 rings (SSSR count). The maximum atomic E-state index is 5.88. The van der Waals surface area contributed by atoms with Crippen LogP contribution < -0.4 is 9.47 Å². The third-order valence-electron chi connectivity index (χ3n) is 4.53. The van der Waals surface area contributed by atoms with Crippen LogP contribution in [0.25, 0.3) is 11.3 Å². The number of benzene rings is 3. The Kier molecular flexibility index (Phi) is 6.27. The molecule has 1 aromatic heterocycles. The van der Waals surface area contributed by atoms with E-state index in [2.05, 4.69) is 57.7 Å². The minimum absolute atomic E-state index is 0.551. The first-order valence-electron chi connectivity index (χ1n) is 9.24. The zero-order valence-electron chi connectivity index (χ0n) is 16.0. The number of rotatable bonds is 7. The van der Waals surface area contributed by atoms with E-state index in [0.717, 1.165) is 44.2 Å². The Morgan fingerprint density at radius 3 is 2.17 bits per heavy atom. The number of nitrogens with zero attached hydrogens (tertiary/aromatic N) is 1. The number of halogens is 1. The summed E-state index contributed by atoms with van der Waals surface area (Å²) < 4.78 is 12.2. The van der Waals surface area contributed by atoms with Gasteiger partial charge in [-0.3, -0.25) is 0 Å². The van der Waals surface area contributed by atoms with Gasteiger partial charge in [0.2, 0.25) is 0 Å². The number of ether oxygens (including phenoxy) is 2. The lowest BCUT2D eigenvalue weighted by Crippen LogP contribution is -1.95. The molecule has 146 valence electrons. The van der Waals surface area contributed by atoms with Crippen molar-refractivity contribution in [3.63, 3.8) is 0 Å². The van der Waals surface area contributed by atoms with Crippen molar-refractivity contribution < 1.29 is 9.47 Å². The number of methoxy groups -OCH3 is 1. The van der Waals surface area contributed by atoms with Crippen LogP contribution in [0.1, 0.15) is 16.1 Å². The van der Waals surface area contributed by atoms with Crippen LogP contribution in [0.5, 0.6) is 11.5 Å². The van der Waals surface area contributed by atoms with E-state index in [1.54, 1.807) is 18.4 Å². The van der Waals surface area contributed by atoms with E-state index in [1.807, 2.05) is 36.4 Å². The van der Waals surface area contributed by atoms with Crippen LogP contribution in [0, 0.1) is 0 Å². The summed E-state index contributed by atoms with van der Waals surface area (Å²) >= 11 is 5.13. The van der Waals surface area contributed by atoms with Crippen LogP contribution in [-0.2, 0) is 13.0 Å². The van der Waals surface area contributed by atoms with Crippen molar-refractivity contribution in [2.45, 2.75) is 13.0 Å². The molecule has 0 aliphatic rings. The summed E-state index contributed by atoms with van der Waals surface area (Å²) in [4.78, 5) is 4.79. The van der Waals surface area contributed by atoms with E-state index in [9.17, 15) is 0 Å². The summed E-state index contributed by atoms with van der Waals surface area (Å²) in [6, 6.07) is 24.4. The van der Waals surface area contributed by atoms with Gasteiger partial charge in [0, 0.05) is 21.8 Å². The maximum absolute atomic E-state index is 5.88. The fourth-order valence-electron chi connectivity index (χ4n) is 2.91. The monoisotopic (exact) mass is 465 g/mol. The Labute approximate surface area is 183 Å². The Bertz CT molecular complexity index is 1060. The lowest BCUT2D eigenvalue weighted by Gasteiger charge is -2.07. The van der Waals surface area contributed by atoms with Gasteiger partial charge in [-0.1, -0.05) is 40.2 Å². The largest absolute Gasteiger partial charge is 0.497 e. The molecular weight excluding hydrogens is 446 g/mol. The second kappa shape index (κ2) is 9.25. The van der Waals surface area contributed by atoms with Gasteiger partial charge in [0.25, 0.3) is 0 Å². The maximum Gasteiger partial charge on any atom is 0.119 e. The van der Waals surface area contributed by atoms with E-state index in [4.69, 9.17) is 14.5 Å². The first-order chi connectivity index (χ1) is 14.2. The molecule has 0 saturated carbocycles. The van der Waals surface area contributed by atoms with Crippen LogP contribution in [0.2, 0.25) is 0 Å². The van der Waals surface area contributed by atoms with Crippen molar-refractivity contribution in [3.05, 3.63) is 98.8 Å². The van der Waals surface area contributed by atoms with Gasteiger partial charge in [0.05, 0.1) is 17.8 Å². The molecule has 5 heteroatoms. The van der Waals surface area contributed by atoms with E-state index in [0.29, 0.717) is 6.61 Å². The summed E-state index contributed by atoms with van der Waals surface area (Å²) in [6.45, 7) is 0.551. The number of aromatic nitrogens is 1. The Hall–Kier alpha value is -2.63. The second-order valence-electron chi connectivity index (χ2n) is 6.59. The van der Waals surface area contributed by atoms with Gasteiger partial charge in [-0.15, -0.1) is 11.3 Å². The van der Waals surface area contributed by atoms with Gasteiger partial charge in [-0.25, -0.2) is 4.98 Å². The first-order valence-corrected chi connectivity index (χ1v) is 10.9. The van der Waals surface area contributed by atoms with Gasteiger partial charge >= 0.3 is 0 Å². The summed E-state index contributed by atoms with van der Waals surface area (Å²) in [7, 11) is 1.68. The smallest absolute Gasteiger partial charge is 0.119 e. The van der Waals surface area contributed by atoms with E-state index >= 15 is 0 Å². The average Bonchev–Trinajstić information content (AvgIpc) is 3.23. The molecule has 0 amide bonds. The Balaban J connectivity index is 1.38. The molecule has 0 aliphatic heterocycles. The summed E-state index contributed by atoms with van der Waals surface area (Å²) in [5.74, 6) is 1.72. The lowest BCUT2D eigenvalue weighted by molar-refractivity contribution is 0.306. The zero-order chi connectivity index (χ0) is 20.1. The topological polar surface area (TPSA) is 31.4 Å². The lowest BCUT2D eigenvalue weighted by atomic mass is 10.1. The standard InChI is InChI=1S/C24H20BrNO2S/c1-27-21-10-4-17(5-11-21)14-24-26-23(16-29-24)19-6-12-22(13-7-19)28-15-18-2-8-20(25)9-3-18/h2-13,16H,14-15H2,1H3.